The van der Waals surface area contributed by atoms with Crippen LogP contribution < -0.4 is 10.3 Å². The third-order valence-electron chi connectivity index (χ3n) is 6.05. The van der Waals surface area contributed by atoms with E-state index in [1.165, 1.54) is 25.2 Å². The van der Waals surface area contributed by atoms with Gasteiger partial charge in [0.15, 0.2) is 17.7 Å². The van der Waals surface area contributed by atoms with E-state index >= 15 is 4.39 Å². The smallest absolute Gasteiger partial charge is 0.339 e. The SMILES string of the molecule is Cc1c(-c2c(C(OC(C)(C)C)C(=O)O)n(C)c(=O)c3cc(F)ccc23)cc(F)c2c1CCCO2. The Morgan fingerprint density at radius 3 is 2.56 bits per heavy atom. The Labute approximate surface area is 195 Å². The number of pyridine rings is 1. The van der Waals surface area contributed by atoms with Gasteiger partial charge in [-0.25, -0.2) is 13.6 Å². The average molecular weight is 472 g/mol. The fraction of sp³-hybridized carbons (Fsp3) is 0.385. The highest BCUT2D eigenvalue weighted by Crippen LogP contribution is 2.42. The van der Waals surface area contributed by atoms with Crippen LogP contribution in [0.1, 0.15) is 50.1 Å². The summed E-state index contributed by atoms with van der Waals surface area (Å²) in [6.45, 7) is 7.35. The van der Waals surface area contributed by atoms with Crippen molar-refractivity contribution in [2.45, 2.75) is 52.2 Å². The number of benzene rings is 2. The van der Waals surface area contributed by atoms with Crippen LogP contribution in [0.3, 0.4) is 0 Å². The van der Waals surface area contributed by atoms with Crippen LogP contribution in [0.5, 0.6) is 5.75 Å². The minimum atomic E-state index is -1.53. The quantitative estimate of drug-likeness (QED) is 0.576. The Kier molecular flexibility index (Phi) is 5.97. The Hall–Kier alpha value is -3.26. The second-order valence-corrected chi connectivity index (χ2v) is 9.55. The number of hydrogen-bond acceptors (Lipinski definition) is 4. The van der Waals surface area contributed by atoms with Gasteiger partial charge in [0.1, 0.15) is 5.82 Å². The lowest BCUT2D eigenvalue weighted by molar-refractivity contribution is -0.161. The van der Waals surface area contributed by atoms with Crippen molar-refractivity contribution in [3.8, 4) is 16.9 Å². The largest absolute Gasteiger partial charge is 0.490 e. The molecule has 0 bridgehead atoms. The summed E-state index contributed by atoms with van der Waals surface area (Å²) in [6, 6.07) is 5.02. The van der Waals surface area contributed by atoms with Crippen molar-refractivity contribution in [3.05, 3.63) is 63.1 Å². The molecule has 0 aliphatic carbocycles. The number of carbonyl (C=O) groups is 1. The number of rotatable bonds is 4. The highest BCUT2D eigenvalue weighted by atomic mass is 19.1. The topological polar surface area (TPSA) is 77.8 Å². The van der Waals surface area contributed by atoms with Crippen molar-refractivity contribution in [3.63, 3.8) is 0 Å². The Morgan fingerprint density at radius 1 is 1.21 bits per heavy atom. The van der Waals surface area contributed by atoms with Gasteiger partial charge in [-0.3, -0.25) is 4.79 Å². The van der Waals surface area contributed by atoms with Crippen molar-refractivity contribution in [1.82, 2.24) is 4.57 Å². The summed E-state index contributed by atoms with van der Waals surface area (Å²) in [5.74, 6) is -2.29. The van der Waals surface area contributed by atoms with Gasteiger partial charge in [-0.15, -0.1) is 0 Å². The average Bonchev–Trinajstić information content (AvgIpc) is 2.77. The number of ether oxygens (including phenoxy) is 2. The third-order valence-corrected chi connectivity index (χ3v) is 6.05. The summed E-state index contributed by atoms with van der Waals surface area (Å²) in [4.78, 5) is 25.6. The van der Waals surface area contributed by atoms with E-state index in [4.69, 9.17) is 9.47 Å². The zero-order chi connectivity index (χ0) is 24.9. The lowest BCUT2D eigenvalue weighted by atomic mass is 9.87. The van der Waals surface area contributed by atoms with Crippen molar-refractivity contribution in [2.24, 2.45) is 7.05 Å². The molecule has 0 saturated carbocycles. The molecule has 0 fully saturated rings. The van der Waals surface area contributed by atoms with Crippen LogP contribution in [0.2, 0.25) is 0 Å². The van der Waals surface area contributed by atoms with E-state index in [1.807, 2.05) is 6.92 Å². The molecule has 34 heavy (non-hydrogen) atoms. The Morgan fingerprint density at radius 2 is 1.91 bits per heavy atom. The predicted octanol–water partition coefficient (Wildman–Crippen LogP) is 5.06. The summed E-state index contributed by atoms with van der Waals surface area (Å²) >= 11 is 0. The van der Waals surface area contributed by atoms with Gasteiger partial charge in [0.05, 0.1) is 23.3 Å². The van der Waals surface area contributed by atoms with E-state index in [2.05, 4.69) is 0 Å². The molecule has 1 aliphatic heterocycles. The number of halogens is 2. The van der Waals surface area contributed by atoms with Crippen LogP contribution in [0.25, 0.3) is 21.9 Å². The molecule has 1 aromatic heterocycles. The second kappa shape index (κ2) is 8.51. The van der Waals surface area contributed by atoms with Gasteiger partial charge >= 0.3 is 5.97 Å². The maximum atomic E-state index is 15.2. The molecule has 0 spiro atoms. The van der Waals surface area contributed by atoms with E-state index < -0.39 is 34.9 Å². The molecule has 2 aromatic carbocycles. The molecular formula is C26H27F2NO5. The third kappa shape index (κ3) is 4.07. The van der Waals surface area contributed by atoms with Gasteiger partial charge in [-0.1, -0.05) is 6.07 Å². The molecule has 1 N–H and O–H groups in total. The van der Waals surface area contributed by atoms with Gasteiger partial charge in [0, 0.05) is 18.2 Å². The molecule has 2 heterocycles. The van der Waals surface area contributed by atoms with Gasteiger partial charge < -0.3 is 19.1 Å². The molecule has 1 atom stereocenters. The first kappa shape index (κ1) is 23.9. The minimum absolute atomic E-state index is 0.0608. The highest BCUT2D eigenvalue weighted by molar-refractivity contribution is 6.00. The molecule has 6 nitrogen and oxygen atoms in total. The fourth-order valence-corrected chi connectivity index (χ4v) is 4.59. The molecule has 3 aromatic rings. The van der Waals surface area contributed by atoms with Crippen LogP contribution in [0.15, 0.2) is 29.1 Å². The number of nitrogens with zero attached hydrogens (tertiary/aromatic N) is 1. The lowest BCUT2D eigenvalue weighted by Gasteiger charge is -2.29. The number of hydrogen-bond donors (Lipinski definition) is 1. The molecule has 4 rings (SSSR count). The van der Waals surface area contributed by atoms with Crippen LogP contribution in [0, 0.1) is 18.6 Å². The Balaban J connectivity index is 2.18. The highest BCUT2D eigenvalue weighted by Gasteiger charge is 2.34. The second-order valence-electron chi connectivity index (χ2n) is 9.55. The number of carboxylic acids is 1. The van der Waals surface area contributed by atoms with E-state index in [0.717, 1.165) is 10.6 Å². The number of aliphatic carboxylic acids is 1. The molecule has 1 unspecified atom stereocenters. The molecule has 0 radical (unpaired) electrons. The van der Waals surface area contributed by atoms with Crippen molar-refractivity contribution in [2.75, 3.05) is 6.61 Å². The standard InChI is InChI=1S/C26H27F2NO5/c1-13-15-7-6-10-33-22(15)19(28)12-17(13)20-16-9-8-14(27)11-18(16)24(30)29(5)21(20)23(25(31)32)34-26(2,3)4/h8-9,11-12,23H,6-7,10H2,1-5H3,(H,31,32). The van der Waals surface area contributed by atoms with Gasteiger partial charge in [0.2, 0.25) is 0 Å². The van der Waals surface area contributed by atoms with E-state index in [0.29, 0.717) is 47.1 Å². The van der Waals surface area contributed by atoms with Crippen LogP contribution >= 0.6 is 0 Å². The summed E-state index contributed by atoms with van der Waals surface area (Å²) in [6.07, 6.45) is -0.217. The molecule has 1 aliphatic rings. The van der Waals surface area contributed by atoms with Crippen LogP contribution in [0.4, 0.5) is 8.78 Å². The van der Waals surface area contributed by atoms with Crippen molar-refractivity contribution < 1.29 is 28.2 Å². The number of fused-ring (bicyclic) bond motifs is 2. The predicted molar refractivity (Wildman–Crippen MR) is 124 cm³/mol. The fourth-order valence-electron chi connectivity index (χ4n) is 4.59. The normalized spacial score (nSPS) is 14.6. The summed E-state index contributed by atoms with van der Waals surface area (Å²) in [5, 5.41) is 10.5. The van der Waals surface area contributed by atoms with E-state index in [-0.39, 0.29) is 16.8 Å². The molecular weight excluding hydrogens is 444 g/mol. The molecule has 180 valence electrons. The minimum Gasteiger partial charge on any atom is -0.490 e. The first-order valence-electron chi connectivity index (χ1n) is 11.1. The van der Waals surface area contributed by atoms with Gasteiger partial charge in [0.25, 0.3) is 5.56 Å². The van der Waals surface area contributed by atoms with Crippen molar-refractivity contribution >= 4 is 16.7 Å². The first-order valence-corrected chi connectivity index (χ1v) is 11.1. The summed E-state index contributed by atoms with van der Waals surface area (Å²) in [7, 11) is 1.42. The zero-order valence-corrected chi connectivity index (χ0v) is 19.8. The lowest BCUT2D eigenvalue weighted by Crippen LogP contribution is -2.33. The van der Waals surface area contributed by atoms with Crippen LogP contribution in [-0.4, -0.2) is 27.9 Å². The molecule has 8 heteroatoms. The van der Waals surface area contributed by atoms with E-state index in [1.54, 1.807) is 20.8 Å². The molecule has 0 amide bonds. The first-order chi connectivity index (χ1) is 15.9. The zero-order valence-electron chi connectivity index (χ0n) is 19.8. The van der Waals surface area contributed by atoms with Gasteiger partial charge in [-0.2, -0.15) is 0 Å². The van der Waals surface area contributed by atoms with Crippen LogP contribution in [-0.2, 0) is 23.0 Å². The Bertz CT molecular complexity index is 1370. The maximum absolute atomic E-state index is 15.2. The monoisotopic (exact) mass is 471 g/mol. The summed E-state index contributed by atoms with van der Waals surface area (Å²) in [5.41, 5.74) is 0.757. The number of carboxylic acid groups (broad SMARTS) is 1. The number of aromatic nitrogens is 1. The molecule has 0 saturated heterocycles. The van der Waals surface area contributed by atoms with Crippen molar-refractivity contribution in [1.29, 1.82) is 0 Å². The van der Waals surface area contributed by atoms with E-state index in [9.17, 15) is 19.1 Å². The maximum Gasteiger partial charge on any atom is 0.339 e. The van der Waals surface area contributed by atoms with Gasteiger partial charge in [-0.05, 0) is 75.2 Å². The summed E-state index contributed by atoms with van der Waals surface area (Å²) < 4.78 is 41.9.